The topological polar surface area (TPSA) is 324 Å². The van der Waals surface area contributed by atoms with Crippen LogP contribution in [0.4, 0.5) is 0 Å². The highest BCUT2D eigenvalue weighted by Gasteiger charge is 2.64. The van der Waals surface area contributed by atoms with E-state index < -0.39 is 124 Å². The zero-order valence-corrected chi connectivity index (χ0v) is 32.8. The average Bonchev–Trinajstić information content (AvgIpc) is 3.11. The van der Waals surface area contributed by atoms with Crippen LogP contribution in [0.5, 0.6) is 17.2 Å². The molecule has 0 radical (unpaired) electrons. The highest BCUT2D eigenvalue weighted by molar-refractivity contribution is 5.53. The maximum Gasteiger partial charge on any atom is 0.200 e. The first-order chi connectivity index (χ1) is 25.3. The van der Waals surface area contributed by atoms with Gasteiger partial charge in [-0.05, 0) is 46.1 Å². The number of benzene rings is 1. The van der Waals surface area contributed by atoms with Crippen molar-refractivity contribution in [2.24, 2.45) is 33.6 Å². The van der Waals surface area contributed by atoms with E-state index in [2.05, 4.69) is 5.32 Å². The predicted octanol–water partition coefficient (Wildman–Crippen LogP) is -2.55. The van der Waals surface area contributed by atoms with Crippen LogP contribution in [0, 0.1) is 22.2 Å². The largest absolute Gasteiger partial charge is 0.504 e. The maximum absolute atomic E-state index is 12.8. The number of ether oxygens (including phenoxy) is 4. The lowest BCUT2D eigenvalue weighted by molar-refractivity contribution is -0.304. The zero-order valence-electron chi connectivity index (χ0n) is 32.8. The molecule has 1 aliphatic carbocycles. The molecule has 18 nitrogen and oxygen atoms in total. The van der Waals surface area contributed by atoms with Gasteiger partial charge in [0.15, 0.2) is 17.8 Å². The fourth-order valence-electron chi connectivity index (χ4n) is 9.17. The van der Waals surface area contributed by atoms with Crippen molar-refractivity contribution in [2.45, 2.75) is 127 Å². The highest BCUT2D eigenvalue weighted by atomic mass is 16.6. The summed E-state index contributed by atoms with van der Waals surface area (Å²) in [7, 11) is 0. The first kappa shape index (κ1) is 45.7. The quantitative estimate of drug-likeness (QED) is 0.0863. The molecule has 18 heteroatoms. The molecule has 0 aromatic heterocycles. The molecule has 2 saturated heterocycles. The molecule has 318 valence electrons. The number of rotatable bonds is 14. The summed E-state index contributed by atoms with van der Waals surface area (Å²) < 4.78 is 24.1. The minimum Gasteiger partial charge on any atom is -0.504 e. The van der Waals surface area contributed by atoms with Gasteiger partial charge in [0.05, 0.1) is 69.0 Å². The summed E-state index contributed by atoms with van der Waals surface area (Å²) in [5, 5.41) is 121. The fourth-order valence-corrected chi connectivity index (χ4v) is 9.17. The molecular weight excluding hydrogens is 726 g/mol. The number of aromatic hydroxyl groups is 3. The van der Waals surface area contributed by atoms with Gasteiger partial charge in [-0.3, -0.25) is 0 Å². The molecular formula is C37H65N3O15. The summed E-state index contributed by atoms with van der Waals surface area (Å²) in [5.74, 6) is -2.46. The number of phenolic OH excluding ortho intramolecular Hbond substituents is 3. The summed E-state index contributed by atoms with van der Waals surface area (Å²) in [5.41, 5.74) is 2.35. The van der Waals surface area contributed by atoms with Crippen molar-refractivity contribution < 1.29 is 75.1 Å². The van der Waals surface area contributed by atoms with Gasteiger partial charge in [-0.25, -0.2) is 0 Å². The second-order valence-electron chi connectivity index (χ2n) is 17.6. The van der Waals surface area contributed by atoms with Crippen LogP contribution in [-0.4, -0.2) is 168 Å². The van der Waals surface area contributed by atoms with Gasteiger partial charge in [0, 0.05) is 41.0 Å². The van der Waals surface area contributed by atoms with Crippen molar-refractivity contribution in [1.29, 1.82) is 0 Å². The summed E-state index contributed by atoms with van der Waals surface area (Å²) in [6.45, 7) is 8.71. The van der Waals surface area contributed by atoms with Crippen molar-refractivity contribution in [3.05, 3.63) is 17.7 Å². The number of hydrogen-bond donors (Lipinski definition) is 14. The van der Waals surface area contributed by atoms with Crippen LogP contribution in [0.1, 0.15) is 60.5 Å². The van der Waals surface area contributed by atoms with Gasteiger partial charge in [-0.1, -0.05) is 26.8 Å². The first-order valence-electron chi connectivity index (χ1n) is 18.6. The molecule has 4 rings (SSSR count). The van der Waals surface area contributed by atoms with Gasteiger partial charge in [0.25, 0.3) is 0 Å². The van der Waals surface area contributed by atoms with Crippen molar-refractivity contribution >= 4 is 0 Å². The molecule has 2 heterocycles. The molecule has 55 heavy (non-hydrogen) atoms. The molecule has 3 fully saturated rings. The van der Waals surface area contributed by atoms with Crippen LogP contribution in [0.3, 0.4) is 0 Å². The van der Waals surface area contributed by atoms with E-state index in [1.807, 2.05) is 6.92 Å². The Morgan fingerprint density at radius 1 is 0.782 bits per heavy atom. The molecule has 2 aliphatic heterocycles. The molecule has 12 unspecified atom stereocenters. The Bertz CT molecular complexity index is 1490. The van der Waals surface area contributed by atoms with Gasteiger partial charge in [0.2, 0.25) is 5.75 Å². The molecule has 3 aliphatic rings. The second-order valence-corrected chi connectivity index (χ2v) is 17.6. The van der Waals surface area contributed by atoms with Gasteiger partial charge in [0.1, 0.15) is 23.4 Å². The Labute approximate surface area is 321 Å². The van der Waals surface area contributed by atoms with Crippen LogP contribution in [-0.2, 0) is 25.5 Å². The van der Waals surface area contributed by atoms with Crippen molar-refractivity contribution in [3.63, 3.8) is 0 Å². The first-order valence-corrected chi connectivity index (χ1v) is 18.6. The van der Waals surface area contributed by atoms with Gasteiger partial charge < -0.3 is 91.9 Å². The average molecular weight is 792 g/mol. The third kappa shape index (κ3) is 7.70. The third-order valence-corrected chi connectivity index (χ3v) is 13.7. The lowest BCUT2D eigenvalue weighted by Gasteiger charge is -2.62. The number of hydrogen-bond acceptors (Lipinski definition) is 18. The second kappa shape index (κ2) is 16.0. The Balaban J connectivity index is 1.66. The van der Waals surface area contributed by atoms with E-state index in [-0.39, 0.29) is 45.0 Å². The van der Waals surface area contributed by atoms with Crippen molar-refractivity contribution in [3.8, 4) is 17.2 Å². The minimum atomic E-state index is -1.85. The van der Waals surface area contributed by atoms with E-state index in [0.29, 0.717) is 0 Å². The zero-order chi connectivity index (χ0) is 41.7. The number of nitrogens with one attached hydrogen (secondary N) is 1. The van der Waals surface area contributed by atoms with E-state index in [9.17, 15) is 56.2 Å². The van der Waals surface area contributed by atoms with Crippen LogP contribution >= 0.6 is 0 Å². The Morgan fingerprint density at radius 3 is 1.96 bits per heavy atom. The van der Waals surface area contributed by atoms with E-state index in [1.165, 1.54) is 26.0 Å². The molecule has 16 N–H and O–H groups in total. The van der Waals surface area contributed by atoms with Gasteiger partial charge in [-0.2, -0.15) is 0 Å². The number of phenols is 3. The standard InChI is InChI=1S/C37H65N3O15/c1-31(15-52-17-33(3)23(14-43)54-28(48)26(38)36(33,6)50)10-20(12-41)32(2,16-53-18-34(4)29(39)35(5,49)27(47)22(13-42)55-34)37(7,51)30(31)40-11-19-8-9-21(44)25(46)24(19)45/h8-9,20,22-23,26-30,40-51H,10-18,38-39H2,1-7H3/t20?,22?,23?,26?,27?,28?,29?,30?,31?,32?,33?,34?,35-,36+,37+/m1/s1. The van der Waals surface area contributed by atoms with Crippen LogP contribution in [0.25, 0.3) is 0 Å². The summed E-state index contributed by atoms with van der Waals surface area (Å²) in [6.07, 6.45) is -5.02. The predicted molar refractivity (Wildman–Crippen MR) is 195 cm³/mol. The SMILES string of the molecule is CC1(COCC2(C)C(CO)OC(O)C(N)[C@]2(C)O)CC(CO)C(C)(COCC2(C)OC(CO)C(O)[C@@](C)(O)C2N)[C@@](C)(O)C1NCc1ccc(O)c(O)c1O. The van der Waals surface area contributed by atoms with E-state index >= 15 is 0 Å². The normalized spacial score (nSPS) is 46.5. The number of nitrogens with two attached hydrogens (primary N) is 2. The highest BCUT2D eigenvalue weighted by Crippen LogP contribution is 2.56. The molecule has 15 atom stereocenters. The Kier molecular flexibility index (Phi) is 13.3. The summed E-state index contributed by atoms with van der Waals surface area (Å²) in [4.78, 5) is 0. The summed E-state index contributed by atoms with van der Waals surface area (Å²) >= 11 is 0. The lowest BCUT2D eigenvalue weighted by Crippen LogP contribution is -2.74. The molecule has 1 aromatic rings. The number of aliphatic hydroxyl groups excluding tert-OH is 5. The van der Waals surface area contributed by atoms with Gasteiger partial charge in [-0.15, -0.1) is 0 Å². The van der Waals surface area contributed by atoms with E-state index in [4.69, 9.17) is 30.4 Å². The Morgan fingerprint density at radius 2 is 1.38 bits per heavy atom. The summed E-state index contributed by atoms with van der Waals surface area (Å²) in [6, 6.07) is -0.698. The van der Waals surface area contributed by atoms with E-state index in [1.54, 1.807) is 27.7 Å². The third-order valence-electron chi connectivity index (χ3n) is 13.7. The van der Waals surface area contributed by atoms with Gasteiger partial charge >= 0.3 is 0 Å². The van der Waals surface area contributed by atoms with Crippen LogP contribution in [0.2, 0.25) is 0 Å². The number of aliphatic hydroxyl groups is 8. The maximum atomic E-state index is 12.8. The Hall–Kier alpha value is -1.98. The van der Waals surface area contributed by atoms with E-state index in [0.717, 1.165) is 0 Å². The monoisotopic (exact) mass is 791 g/mol. The fraction of sp³-hybridized carbons (Fsp3) is 0.838. The minimum absolute atomic E-state index is 0.0939. The van der Waals surface area contributed by atoms with Crippen LogP contribution < -0.4 is 16.8 Å². The molecule has 1 aromatic carbocycles. The van der Waals surface area contributed by atoms with Crippen molar-refractivity contribution in [1.82, 2.24) is 5.32 Å². The van der Waals surface area contributed by atoms with Crippen LogP contribution in [0.15, 0.2) is 12.1 Å². The molecule has 0 spiro atoms. The molecule has 0 amide bonds. The molecule has 0 bridgehead atoms. The van der Waals surface area contributed by atoms with Crippen molar-refractivity contribution in [2.75, 3.05) is 46.2 Å². The molecule has 1 saturated carbocycles. The lowest BCUT2D eigenvalue weighted by atomic mass is 9.50. The smallest absolute Gasteiger partial charge is 0.200 e.